The fourth-order valence-electron chi connectivity index (χ4n) is 2.07. The first-order valence-corrected chi connectivity index (χ1v) is 6.86. The van der Waals surface area contributed by atoms with Gasteiger partial charge in [0.05, 0.1) is 0 Å². The lowest BCUT2D eigenvalue weighted by Crippen LogP contribution is -2.47. The van der Waals surface area contributed by atoms with Gasteiger partial charge in [-0.05, 0) is 38.4 Å². The first-order valence-electron chi connectivity index (χ1n) is 6.86. The Morgan fingerprint density at radius 1 is 1.24 bits per heavy atom. The molecule has 0 saturated carbocycles. The number of carbonyl (C=O) groups is 3. The summed E-state index contributed by atoms with van der Waals surface area (Å²) in [4.78, 5) is 35.3. The molecular weight excluding hydrogens is 278 g/mol. The van der Waals surface area contributed by atoms with E-state index in [1.807, 2.05) is 0 Å². The zero-order valence-electron chi connectivity index (χ0n) is 12.5. The fraction of sp³-hybridized carbons (Fsp3) is 0.769. The van der Waals surface area contributed by atoms with Crippen molar-refractivity contribution < 1.29 is 24.2 Å². The van der Waals surface area contributed by atoms with Crippen molar-refractivity contribution in [3.63, 3.8) is 0 Å². The molecule has 0 radical (unpaired) electrons. The van der Waals surface area contributed by atoms with E-state index in [0.717, 1.165) is 25.9 Å². The molecule has 1 aliphatic heterocycles. The van der Waals surface area contributed by atoms with Crippen LogP contribution in [-0.4, -0.2) is 67.8 Å². The maximum atomic E-state index is 11.6. The van der Waals surface area contributed by atoms with Crippen molar-refractivity contribution >= 4 is 17.9 Å². The molecule has 0 aromatic rings. The zero-order valence-corrected chi connectivity index (χ0v) is 12.5. The number of nitrogens with one attached hydrogen (secondary N) is 2. The summed E-state index contributed by atoms with van der Waals surface area (Å²) < 4.78 is 4.59. The minimum absolute atomic E-state index is 0.0344. The van der Waals surface area contributed by atoms with Gasteiger partial charge < -0.3 is 20.1 Å². The van der Waals surface area contributed by atoms with Crippen molar-refractivity contribution in [3.05, 3.63) is 0 Å². The molecule has 1 rings (SSSR count). The molecule has 0 spiro atoms. The van der Waals surface area contributed by atoms with Gasteiger partial charge in [-0.25, -0.2) is 9.59 Å². The Hall–Kier alpha value is -1.67. The molecule has 0 bridgehead atoms. The summed E-state index contributed by atoms with van der Waals surface area (Å²) in [5, 5.41) is 13.1. The second-order valence-corrected chi connectivity index (χ2v) is 5.73. The van der Waals surface area contributed by atoms with Gasteiger partial charge in [-0.15, -0.1) is 0 Å². The Balaban J connectivity index is 2.21. The molecule has 120 valence electrons. The number of hydrogen-bond donors (Lipinski definition) is 3. The van der Waals surface area contributed by atoms with E-state index in [1.165, 1.54) is 0 Å². The van der Waals surface area contributed by atoms with Gasteiger partial charge in [0.25, 0.3) is 5.91 Å². The van der Waals surface area contributed by atoms with Crippen LogP contribution in [0.2, 0.25) is 0 Å². The summed E-state index contributed by atoms with van der Waals surface area (Å²) in [5.41, 5.74) is 0.0344. The molecule has 1 saturated heterocycles. The van der Waals surface area contributed by atoms with E-state index in [0.29, 0.717) is 6.54 Å². The lowest BCUT2D eigenvalue weighted by Gasteiger charge is -2.37. The van der Waals surface area contributed by atoms with Crippen LogP contribution >= 0.6 is 0 Å². The van der Waals surface area contributed by atoms with Crippen LogP contribution in [0.25, 0.3) is 0 Å². The Kier molecular flexibility index (Phi) is 6.57. The average molecular weight is 301 g/mol. The number of urea groups is 1. The van der Waals surface area contributed by atoms with Crippen LogP contribution in [0.5, 0.6) is 0 Å². The second-order valence-electron chi connectivity index (χ2n) is 5.73. The Morgan fingerprint density at radius 2 is 1.86 bits per heavy atom. The Labute approximate surface area is 123 Å². The molecule has 0 aromatic carbocycles. The maximum Gasteiger partial charge on any atom is 0.329 e. The molecule has 1 aliphatic rings. The molecule has 0 aromatic heterocycles. The van der Waals surface area contributed by atoms with Crippen molar-refractivity contribution in [1.29, 1.82) is 0 Å². The third-order valence-electron chi connectivity index (χ3n) is 3.58. The number of carboxylic acid groups (broad SMARTS) is 1. The number of likely N-dealkylation sites (tertiary alicyclic amines) is 1. The lowest BCUT2D eigenvalue weighted by atomic mass is 9.80. The number of aliphatic carboxylic acids is 1. The fourth-order valence-corrected chi connectivity index (χ4v) is 2.07. The van der Waals surface area contributed by atoms with Gasteiger partial charge in [-0.3, -0.25) is 10.1 Å². The largest absolute Gasteiger partial charge is 0.480 e. The molecular formula is C13H23N3O5. The number of amides is 3. The smallest absolute Gasteiger partial charge is 0.329 e. The SMILES string of the molecule is CN1CCC(C)(CNC(=O)NC(=O)COCC(=O)O)CC1. The monoisotopic (exact) mass is 301 g/mol. The molecule has 0 atom stereocenters. The number of nitrogens with zero attached hydrogens (tertiary/aromatic N) is 1. The minimum Gasteiger partial charge on any atom is -0.480 e. The molecule has 1 heterocycles. The minimum atomic E-state index is -1.16. The third kappa shape index (κ3) is 7.05. The number of hydrogen-bond acceptors (Lipinski definition) is 5. The van der Waals surface area contributed by atoms with Crippen LogP contribution in [0, 0.1) is 5.41 Å². The van der Waals surface area contributed by atoms with Crippen molar-refractivity contribution in [2.45, 2.75) is 19.8 Å². The summed E-state index contributed by atoms with van der Waals surface area (Å²) >= 11 is 0. The molecule has 1 fully saturated rings. The second kappa shape index (κ2) is 7.94. The van der Waals surface area contributed by atoms with Crippen LogP contribution in [0.4, 0.5) is 4.79 Å². The third-order valence-corrected chi connectivity index (χ3v) is 3.58. The van der Waals surface area contributed by atoms with Gasteiger partial charge in [0.2, 0.25) is 0 Å². The predicted molar refractivity (Wildman–Crippen MR) is 74.8 cm³/mol. The number of ether oxygens (including phenoxy) is 1. The van der Waals surface area contributed by atoms with Gasteiger partial charge in [0, 0.05) is 6.54 Å². The lowest BCUT2D eigenvalue weighted by molar-refractivity contribution is -0.143. The molecule has 3 amide bonds. The van der Waals surface area contributed by atoms with Crippen LogP contribution in [0.15, 0.2) is 0 Å². The van der Waals surface area contributed by atoms with Gasteiger partial charge in [-0.1, -0.05) is 6.92 Å². The summed E-state index contributed by atoms with van der Waals surface area (Å²) in [5.74, 6) is -1.83. The van der Waals surface area contributed by atoms with E-state index in [-0.39, 0.29) is 5.41 Å². The zero-order chi connectivity index (χ0) is 15.9. The Morgan fingerprint density at radius 3 is 2.43 bits per heavy atom. The number of imide groups is 1. The van der Waals surface area contributed by atoms with E-state index in [1.54, 1.807) is 0 Å². The van der Waals surface area contributed by atoms with Gasteiger partial charge in [-0.2, -0.15) is 0 Å². The predicted octanol–water partition coefficient (Wildman–Crippen LogP) is -0.355. The van der Waals surface area contributed by atoms with Gasteiger partial charge in [0.1, 0.15) is 13.2 Å². The van der Waals surface area contributed by atoms with Gasteiger partial charge in [0.15, 0.2) is 0 Å². The molecule has 8 heteroatoms. The highest BCUT2D eigenvalue weighted by atomic mass is 16.5. The average Bonchev–Trinajstić information content (AvgIpc) is 2.40. The summed E-state index contributed by atoms with van der Waals surface area (Å²) in [6, 6.07) is -0.584. The highest BCUT2D eigenvalue weighted by Gasteiger charge is 2.29. The van der Waals surface area contributed by atoms with Crippen LogP contribution in [0.1, 0.15) is 19.8 Å². The van der Waals surface area contributed by atoms with Crippen LogP contribution < -0.4 is 10.6 Å². The topological polar surface area (TPSA) is 108 Å². The standard InChI is InChI=1S/C13H23N3O5/c1-13(3-5-16(2)6-4-13)9-14-12(20)15-10(17)7-21-8-11(18)19/h3-9H2,1-2H3,(H,18,19)(H2,14,15,17,20). The normalized spacial score (nSPS) is 18.0. The van der Waals surface area contributed by atoms with E-state index in [2.05, 4.69) is 34.2 Å². The van der Waals surface area contributed by atoms with Crippen molar-refractivity contribution in [2.75, 3.05) is 39.9 Å². The van der Waals surface area contributed by atoms with Crippen LogP contribution in [0.3, 0.4) is 0 Å². The first kappa shape index (κ1) is 17.4. The van der Waals surface area contributed by atoms with E-state index < -0.39 is 31.1 Å². The number of rotatable bonds is 6. The molecule has 0 aliphatic carbocycles. The molecule has 21 heavy (non-hydrogen) atoms. The summed E-state index contributed by atoms with van der Waals surface area (Å²) in [6.07, 6.45) is 1.97. The van der Waals surface area contributed by atoms with Crippen molar-refractivity contribution in [1.82, 2.24) is 15.5 Å². The highest BCUT2D eigenvalue weighted by Crippen LogP contribution is 2.29. The quantitative estimate of drug-likeness (QED) is 0.618. The first-order chi connectivity index (χ1) is 9.81. The number of piperidine rings is 1. The van der Waals surface area contributed by atoms with Gasteiger partial charge >= 0.3 is 12.0 Å². The van der Waals surface area contributed by atoms with E-state index >= 15 is 0 Å². The molecule has 0 unspecified atom stereocenters. The summed E-state index contributed by atoms with van der Waals surface area (Å²) in [6.45, 7) is 3.56. The Bertz CT molecular complexity index is 391. The number of carbonyl (C=O) groups excluding carboxylic acids is 2. The molecule has 8 nitrogen and oxygen atoms in total. The van der Waals surface area contributed by atoms with Crippen molar-refractivity contribution in [2.24, 2.45) is 5.41 Å². The molecule has 3 N–H and O–H groups in total. The maximum absolute atomic E-state index is 11.6. The van der Waals surface area contributed by atoms with Crippen molar-refractivity contribution in [3.8, 4) is 0 Å². The summed E-state index contributed by atoms with van der Waals surface area (Å²) in [7, 11) is 2.06. The van der Waals surface area contributed by atoms with Crippen LogP contribution in [-0.2, 0) is 14.3 Å². The van der Waals surface area contributed by atoms with E-state index in [9.17, 15) is 14.4 Å². The highest BCUT2D eigenvalue weighted by molar-refractivity contribution is 5.94. The van der Waals surface area contributed by atoms with E-state index in [4.69, 9.17) is 5.11 Å². The number of carboxylic acids is 1.